The van der Waals surface area contributed by atoms with Crippen molar-refractivity contribution >= 4 is 51.1 Å². The average molecular weight is 246 g/mol. The number of thiol groups is 2. The van der Waals surface area contributed by atoms with Crippen molar-refractivity contribution in [2.24, 2.45) is 0 Å². The molecular formula is C5H10O3S4. The van der Waals surface area contributed by atoms with Crippen molar-refractivity contribution in [2.45, 2.75) is 24.7 Å². The first-order valence-corrected chi connectivity index (χ1v) is 6.94. The van der Waals surface area contributed by atoms with E-state index in [1.807, 2.05) is 0 Å². The van der Waals surface area contributed by atoms with Crippen LogP contribution in [0.4, 0.5) is 4.79 Å². The third kappa shape index (κ3) is 6.22. The predicted molar refractivity (Wildman–Crippen MR) is 59.6 cm³/mol. The number of ether oxygens (including phenoxy) is 2. The zero-order valence-corrected chi connectivity index (χ0v) is 10.0. The van der Waals surface area contributed by atoms with Crippen molar-refractivity contribution < 1.29 is 14.3 Å². The SMILES string of the molecule is CC(OC(=O)OC(C)SS)SS. The Balaban J connectivity index is 3.59. The summed E-state index contributed by atoms with van der Waals surface area (Å²) >= 11 is 7.73. The van der Waals surface area contributed by atoms with E-state index in [-0.39, 0.29) is 10.9 Å². The minimum Gasteiger partial charge on any atom is -0.419 e. The van der Waals surface area contributed by atoms with Crippen LogP contribution in [-0.4, -0.2) is 17.0 Å². The van der Waals surface area contributed by atoms with Crippen LogP contribution in [0.2, 0.25) is 0 Å². The zero-order valence-electron chi connectivity index (χ0n) is 6.59. The Labute approximate surface area is 89.9 Å². The lowest BCUT2D eigenvalue weighted by molar-refractivity contribution is 0.0482. The van der Waals surface area contributed by atoms with Crippen molar-refractivity contribution in [2.75, 3.05) is 0 Å². The lowest BCUT2D eigenvalue weighted by Gasteiger charge is -2.12. The van der Waals surface area contributed by atoms with Crippen molar-refractivity contribution in [3.63, 3.8) is 0 Å². The second-order valence-corrected chi connectivity index (χ2v) is 4.85. The Morgan fingerprint density at radius 3 is 1.75 bits per heavy atom. The van der Waals surface area contributed by atoms with E-state index in [4.69, 9.17) is 9.47 Å². The molecule has 0 amide bonds. The highest BCUT2D eigenvalue weighted by Gasteiger charge is 2.12. The summed E-state index contributed by atoms with van der Waals surface area (Å²) in [5.41, 5.74) is -0.615. The molecule has 0 aliphatic rings. The van der Waals surface area contributed by atoms with Crippen molar-refractivity contribution in [1.82, 2.24) is 0 Å². The predicted octanol–water partition coefficient (Wildman–Crippen LogP) is 2.99. The molecule has 0 N–H and O–H groups in total. The smallest absolute Gasteiger partial charge is 0.419 e. The fourth-order valence-electron chi connectivity index (χ4n) is 0.342. The summed E-state index contributed by atoms with van der Waals surface area (Å²) in [6.45, 7) is 3.41. The average Bonchev–Trinajstić information content (AvgIpc) is 2.03. The largest absolute Gasteiger partial charge is 0.510 e. The summed E-state index contributed by atoms with van der Waals surface area (Å²) in [5, 5.41) is 0. The van der Waals surface area contributed by atoms with E-state index in [0.717, 1.165) is 21.6 Å². The molecule has 0 aliphatic carbocycles. The molecule has 0 spiro atoms. The highest BCUT2D eigenvalue weighted by molar-refractivity contribution is 8.69. The second kappa shape index (κ2) is 7.11. The molecule has 2 unspecified atom stereocenters. The fourth-order valence-corrected chi connectivity index (χ4v) is 0.843. The van der Waals surface area contributed by atoms with Gasteiger partial charge in [-0.15, -0.1) is 23.3 Å². The van der Waals surface area contributed by atoms with Crippen LogP contribution in [0.1, 0.15) is 13.8 Å². The van der Waals surface area contributed by atoms with Crippen molar-refractivity contribution in [3.05, 3.63) is 0 Å². The molecule has 0 saturated heterocycles. The zero-order chi connectivity index (χ0) is 9.56. The van der Waals surface area contributed by atoms with E-state index in [9.17, 15) is 4.79 Å². The standard InChI is InChI=1S/C5H10O3S4/c1-3(11-9)7-5(6)8-4(2)12-10/h3-4,9-10H,1-2H3. The summed E-state index contributed by atoms with van der Waals surface area (Å²) < 4.78 is 9.50. The number of carbonyl (C=O) groups is 1. The van der Waals surface area contributed by atoms with Gasteiger partial charge in [0.25, 0.3) is 0 Å². The van der Waals surface area contributed by atoms with Gasteiger partial charge in [0.15, 0.2) is 10.9 Å². The first-order valence-electron chi connectivity index (χ1n) is 3.08. The first-order chi connectivity index (χ1) is 5.60. The molecule has 0 heterocycles. The Morgan fingerprint density at radius 1 is 1.17 bits per heavy atom. The van der Waals surface area contributed by atoms with Gasteiger partial charge in [0.1, 0.15) is 0 Å². The van der Waals surface area contributed by atoms with Crippen LogP contribution in [0.5, 0.6) is 0 Å². The molecule has 0 rings (SSSR count). The quantitative estimate of drug-likeness (QED) is 0.345. The van der Waals surface area contributed by atoms with Crippen molar-refractivity contribution in [3.8, 4) is 0 Å². The summed E-state index contributed by atoms with van der Waals surface area (Å²) in [6, 6.07) is 0. The number of hydrogen-bond donors (Lipinski definition) is 2. The van der Waals surface area contributed by atoms with E-state index >= 15 is 0 Å². The molecule has 0 saturated carbocycles. The van der Waals surface area contributed by atoms with E-state index < -0.39 is 6.16 Å². The molecule has 3 nitrogen and oxygen atoms in total. The van der Waals surface area contributed by atoms with Crippen LogP contribution in [-0.2, 0) is 9.47 Å². The second-order valence-electron chi connectivity index (χ2n) is 1.83. The van der Waals surface area contributed by atoms with Gasteiger partial charge in [-0.25, -0.2) is 4.79 Å². The van der Waals surface area contributed by atoms with Gasteiger partial charge in [-0.2, -0.15) is 0 Å². The molecule has 0 bridgehead atoms. The Kier molecular flexibility index (Phi) is 7.51. The molecule has 72 valence electrons. The minimum absolute atomic E-state index is 0.307. The third-order valence-corrected chi connectivity index (χ3v) is 3.39. The van der Waals surface area contributed by atoms with E-state index in [1.54, 1.807) is 13.8 Å². The lowest BCUT2D eigenvalue weighted by Crippen LogP contribution is -2.15. The van der Waals surface area contributed by atoms with Crippen LogP contribution in [0.25, 0.3) is 0 Å². The first kappa shape index (κ1) is 12.7. The highest BCUT2D eigenvalue weighted by atomic mass is 33.1. The van der Waals surface area contributed by atoms with Gasteiger partial charge < -0.3 is 9.47 Å². The molecule has 2 atom stereocenters. The molecule has 0 radical (unpaired) electrons. The van der Waals surface area contributed by atoms with Gasteiger partial charge in [0, 0.05) is 0 Å². The molecule has 7 heteroatoms. The summed E-state index contributed by atoms with van der Waals surface area (Å²) in [4.78, 5) is 10.8. The van der Waals surface area contributed by atoms with Gasteiger partial charge in [0.05, 0.1) is 0 Å². The molecular weight excluding hydrogens is 236 g/mol. The van der Waals surface area contributed by atoms with Gasteiger partial charge in [-0.3, -0.25) is 0 Å². The topological polar surface area (TPSA) is 35.5 Å². The van der Waals surface area contributed by atoms with Crippen LogP contribution < -0.4 is 0 Å². The molecule has 0 aromatic heterocycles. The minimum atomic E-state index is -0.696. The number of carbonyl (C=O) groups excluding carboxylic acids is 1. The Hall–Kier alpha value is 0.670. The van der Waals surface area contributed by atoms with Crippen LogP contribution in [0.3, 0.4) is 0 Å². The highest BCUT2D eigenvalue weighted by Crippen LogP contribution is 2.19. The fraction of sp³-hybridized carbons (Fsp3) is 0.800. The van der Waals surface area contributed by atoms with E-state index in [0.29, 0.717) is 0 Å². The van der Waals surface area contributed by atoms with E-state index in [2.05, 4.69) is 23.3 Å². The summed E-state index contributed by atoms with van der Waals surface area (Å²) in [6.07, 6.45) is -0.696. The van der Waals surface area contributed by atoms with Crippen LogP contribution in [0, 0.1) is 0 Å². The maximum atomic E-state index is 10.8. The Bertz CT molecular complexity index is 129. The van der Waals surface area contributed by atoms with Crippen LogP contribution >= 0.6 is 44.9 Å². The lowest BCUT2D eigenvalue weighted by atomic mass is 10.8. The molecule has 0 aromatic rings. The molecule has 12 heavy (non-hydrogen) atoms. The van der Waals surface area contributed by atoms with Gasteiger partial charge >= 0.3 is 6.16 Å². The van der Waals surface area contributed by atoms with Gasteiger partial charge in [0.2, 0.25) is 0 Å². The maximum absolute atomic E-state index is 10.8. The summed E-state index contributed by atoms with van der Waals surface area (Å²) in [5.74, 6) is 0. The van der Waals surface area contributed by atoms with Gasteiger partial charge in [-0.05, 0) is 13.8 Å². The number of rotatable bonds is 4. The van der Waals surface area contributed by atoms with Gasteiger partial charge in [-0.1, -0.05) is 21.6 Å². The Morgan fingerprint density at radius 2 is 1.50 bits per heavy atom. The van der Waals surface area contributed by atoms with E-state index in [1.165, 1.54) is 0 Å². The monoisotopic (exact) mass is 246 g/mol. The summed E-state index contributed by atoms with van der Waals surface area (Å²) in [7, 11) is 2.27. The molecule has 0 aliphatic heterocycles. The molecule has 0 fully saturated rings. The third-order valence-electron chi connectivity index (χ3n) is 0.821. The van der Waals surface area contributed by atoms with Crippen LogP contribution in [0.15, 0.2) is 0 Å². The molecule has 0 aromatic carbocycles. The number of hydrogen-bond acceptors (Lipinski definition) is 7. The van der Waals surface area contributed by atoms with Crippen molar-refractivity contribution in [1.29, 1.82) is 0 Å². The maximum Gasteiger partial charge on any atom is 0.510 e. The normalized spacial score (nSPS) is 15.0.